The van der Waals surface area contributed by atoms with Crippen molar-refractivity contribution in [3.05, 3.63) is 70.3 Å². The zero-order valence-electron chi connectivity index (χ0n) is 19.1. The molecule has 0 bridgehead atoms. The molecule has 3 atom stereocenters. The van der Waals surface area contributed by atoms with E-state index >= 15 is 0 Å². The van der Waals surface area contributed by atoms with Crippen molar-refractivity contribution in [2.45, 2.75) is 51.5 Å². The fourth-order valence-corrected chi connectivity index (χ4v) is 5.98. The van der Waals surface area contributed by atoms with E-state index in [0.717, 1.165) is 41.3 Å². The van der Waals surface area contributed by atoms with Crippen LogP contribution in [0, 0.1) is 23.0 Å². The van der Waals surface area contributed by atoms with Crippen LogP contribution in [0.1, 0.15) is 49.1 Å². The van der Waals surface area contributed by atoms with Gasteiger partial charge in [0.05, 0.1) is 17.6 Å². The lowest BCUT2D eigenvalue weighted by Crippen LogP contribution is -2.40. The van der Waals surface area contributed by atoms with E-state index in [0.29, 0.717) is 6.29 Å². The first-order chi connectivity index (χ1) is 15.3. The van der Waals surface area contributed by atoms with Crippen molar-refractivity contribution >= 4 is 16.1 Å². The molecule has 3 unspecified atom stereocenters. The van der Waals surface area contributed by atoms with E-state index in [1.807, 2.05) is 18.2 Å². The van der Waals surface area contributed by atoms with Crippen molar-refractivity contribution in [3.8, 4) is 0 Å². The Balaban J connectivity index is 1.75. The van der Waals surface area contributed by atoms with Crippen LogP contribution in [0.25, 0.3) is 0 Å². The molecule has 1 heterocycles. The zero-order valence-corrected chi connectivity index (χ0v) is 20.0. The Kier molecular flexibility index (Phi) is 7.71. The second kappa shape index (κ2) is 9.99. The lowest BCUT2D eigenvalue weighted by atomic mass is 9.86. The molecule has 0 aliphatic carbocycles. The summed E-state index contributed by atoms with van der Waals surface area (Å²) in [7, 11) is -3.32. The van der Waals surface area contributed by atoms with Gasteiger partial charge in [-0.3, -0.25) is 0 Å². The number of nitrogens with one attached hydrogen (secondary N) is 1. The Hall–Kier alpha value is -2.16. The van der Waals surface area contributed by atoms with Crippen LogP contribution in [-0.4, -0.2) is 38.2 Å². The molecule has 5 nitrogen and oxygen atoms in total. The predicted molar refractivity (Wildman–Crippen MR) is 123 cm³/mol. The molecular formula is C25H31F2NO4S. The molecular weight excluding hydrogens is 448 g/mol. The Morgan fingerprint density at radius 1 is 1.12 bits per heavy atom. The summed E-state index contributed by atoms with van der Waals surface area (Å²) in [5.74, 6) is -2.53. The molecule has 0 radical (unpaired) electrons. The molecule has 2 aromatic carbocycles. The Morgan fingerprint density at radius 2 is 1.79 bits per heavy atom. The van der Waals surface area contributed by atoms with Crippen molar-refractivity contribution in [3.63, 3.8) is 0 Å². The highest BCUT2D eigenvalue weighted by atomic mass is 32.2. The van der Waals surface area contributed by atoms with E-state index in [2.05, 4.69) is 26.1 Å². The van der Waals surface area contributed by atoms with Gasteiger partial charge in [0.15, 0.2) is 9.84 Å². The lowest BCUT2D eigenvalue weighted by molar-refractivity contribution is -0.114. The monoisotopic (exact) mass is 479 g/mol. The Labute approximate surface area is 194 Å². The zero-order chi connectivity index (χ0) is 24.4. The van der Waals surface area contributed by atoms with E-state index in [1.54, 1.807) is 0 Å². The summed E-state index contributed by atoms with van der Waals surface area (Å²) in [4.78, 5) is 11.6. The van der Waals surface area contributed by atoms with Crippen LogP contribution in [-0.2, 0) is 33.2 Å². The summed E-state index contributed by atoms with van der Waals surface area (Å²) in [6, 6.07) is 8.30. The van der Waals surface area contributed by atoms with E-state index in [4.69, 9.17) is 0 Å². The summed E-state index contributed by atoms with van der Waals surface area (Å²) in [6.45, 7) is 6.36. The highest BCUT2D eigenvalue weighted by Gasteiger charge is 2.31. The summed E-state index contributed by atoms with van der Waals surface area (Å²) >= 11 is 0. The molecule has 1 aliphatic rings. The smallest absolute Gasteiger partial charge is 0.156 e. The second-order valence-electron chi connectivity index (χ2n) is 10.1. The van der Waals surface area contributed by atoms with Crippen LogP contribution < -0.4 is 5.32 Å². The second-order valence-corrected chi connectivity index (χ2v) is 12.2. The molecule has 0 fully saturated rings. The van der Waals surface area contributed by atoms with Crippen LogP contribution >= 0.6 is 0 Å². The number of rotatable bonds is 8. The van der Waals surface area contributed by atoms with Gasteiger partial charge in [0, 0.05) is 24.6 Å². The number of aldehydes is 1. The molecule has 33 heavy (non-hydrogen) atoms. The molecule has 3 rings (SSSR count). The minimum absolute atomic E-state index is 0.0268. The Bertz CT molecular complexity index is 1090. The molecule has 2 N–H and O–H groups in total. The summed E-state index contributed by atoms with van der Waals surface area (Å²) in [5, 5.41) is 13.7. The first-order valence-corrected chi connectivity index (χ1v) is 12.8. The number of aliphatic hydroxyl groups is 1. The quantitative estimate of drug-likeness (QED) is 0.566. The number of aliphatic hydroxyl groups excluding tert-OH is 1. The molecule has 1 aliphatic heterocycles. The largest absolute Gasteiger partial charge is 0.391 e. The molecule has 8 heteroatoms. The van der Waals surface area contributed by atoms with E-state index in [1.165, 1.54) is 0 Å². The molecule has 0 saturated carbocycles. The van der Waals surface area contributed by atoms with Crippen molar-refractivity contribution in [1.29, 1.82) is 0 Å². The van der Waals surface area contributed by atoms with Crippen LogP contribution in [0.3, 0.4) is 0 Å². The standard InChI is InChI=1S/C25H31F2NO4S/c1-25(2,3)11-16-4-5-18-14-33(31,32)15-23(22(18)9-16)28-12-24(30)19(13-29)6-17-7-20(26)10-21(27)8-17/h4-5,7-10,13,19,23-24,28,30H,6,11-12,14-15H2,1-3H3. The maximum atomic E-state index is 13.5. The van der Waals surface area contributed by atoms with Gasteiger partial charge in [0.1, 0.15) is 17.9 Å². The van der Waals surface area contributed by atoms with Gasteiger partial charge in [0.25, 0.3) is 0 Å². The van der Waals surface area contributed by atoms with Gasteiger partial charge in [-0.25, -0.2) is 17.2 Å². The van der Waals surface area contributed by atoms with E-state index < -0.39 is 39.5 Å². The highest BCUT2D eigenvalue weighted by Crippen LogP contribution is 2.31. The topological polar surface area (TPSA) is 83.5 Å². The fourth-order valence-electron chi connectivity index (χ4n) is 4.32. The fraction of sp³-hybridized carbons (Fsp3) is 0.480. The predicted octanol–water partition coefficient (Wildman–Crippen LogP) is 3.53. The van der Waals surface area contributed by atoms with Crippen molar-refractivity contribution < 1.29 is 27.1 Å². The van der Waals surface area contributed by atoms with Crippen molar-refractivity contribution in [1.82, 2.24) is 5.32 Å². The van der Waals surface area contributed by atoms with Gasteiger partial charge < -0.3 is 15.2 Å². The van der Waals surface area contributed by atoms with E-state index in [-0.39, 0.29) is 35.4 Å². The highest BCUT2D eigenvalue weighted by molar-refractivity contribution is 7.90. The number of carbonyl (C=O) groups excluding carboxylic acids is 1. The third-order valence-electron chi connectivity index (χ3n) is 5.75. The van der Waals surface area contributed by atoms with Crippen LogP contribution in [0.4, 0.5) is 8.78 Å². The third kappa shape index (κ3) is 7.16. The number of halogens is 2. The number of sulfone groups is 1. The summed E-state index contributed by atoms with van der Waals surface area (Å²) in [6.07, 6.45) is 0.206. The molecule has 0 saturated heterocycles. The molecule has 0 amide bonds. The summed E-state index contributed by atoms with van der Waals surface area (Å²) in [5.41, 5.74) is 3.05. The van der Waals surface area contributed by atoms with Crippen molar-refractivity contribution in [2.75, 3.05) is 12.3 Å². The van der Waals surface area contributed by atoms with Gasteiger partial charge in [-0.1, -0.05) is 39.0 Å². The van der Waals surface area contributed by atoms with Crippen molar-refractivity contribution in [2.24, 2.45) is 11.3 Å². The average molecular weight is 480 g/mol. The number of hydrogen-bond donors (Lipinski definition) is 2. The minimum atomic E-state index is -3.32. The Morgan fingerprint density at radius 3 is 2.39 bits per heavy atom. The van der Waals surface area contributed by atoms with Gasteiger partial charge in [-0.15, -0.1) is 0 Å². The van der Waals surface area contributed by atoms with Gasteiger partial charge in [0.2, 0.25) is 0 Å². The van der Waals surface area contributed by atoms with Crippen LogP contribution in [0.15, 0.2) is 36.4 Å². The number of hydrogen-bond acceptors (Lipinski definition) is 5. The summed E-state index contributed by atoms with van der Waals surface area (Å²) < 4.78 is 51.8. The lowest BCUT2D eigenvalue weighted by Gasteiger charge is -2.29. The average Bonchev–Trinajstić information content (AvgIpc) is 2.68. The van der Waals surface area contributed by atoms with Gasteiger partial charge >= 0.3 is 0 Å². The van der Waals surface area contributed by atoms with E-state index in [9.17, 15) is 27.1 Å². The maximum Gasteiger partial charge on any atom is 0.156 e. The molecule has 0 aromatic heterocycles. The SMILES string of the molecule is CC(C)(C)Cc1ccc2c(c1)C(NCC(O)C(C=O)Cc1cc(F)cc(F)c1)CS(=O)(=O)C2. The van der Waals surface area contributed by atoms with Gasteiger partial charge in [-0.2, -0.15) is 0 Å². The maximum absolute atomic E-state index is 13.5. The van der Waals surface area contributed by atoms with Gasteiger partial charge in [-0.05, 0) is 52.6 Å². The first-order valence-electron chi connectivity index (χ1n) is 11.0. The number of carbonyl (C=O) groups is 1. The first kappa shape index (κ1) is 25.5. The number of fused-ring (bicyclic) bond motifs is 1. The van der Waals surface area contributed by atoms with Crippen LogP contribution in [0.2, 0.25) is 0 Å². The van der Waals surface area contributed by atoms with Crippen LogP contribution in [0.5, 0.6) is 0 Å². The molecule has 0 spiro atoms. The normalized spacial score (nSPS) is 19.5. The molecule has 180 valence electrons. The third-order valence-corrected chi connectivity index (χ3v) is 7.34. The molecule has 2 aromatic rings. The number of benzene rings is 2. The minimum Gasteiger partial charge on any atom is -0.391 e.